The van der Waals surface area contributed by atoms with Crippen LogP contribution in [0.5, 0.6) is 0 Å². The van der Waals surface area contributed by atoms with Gasteiger partial charge in [-0.05, 0) is 49.1 Å². The Hall–Kier alpha value is -3.10. The molecular formula is C28H44BN8-. The fraction of sp³-hybridized carbons (Fsp3) is 0.571. The Kier molecular flexibility index (Phi) is 6.17. The summed E-state index contributed by atoms with van der Waals surface area (Å²) in [5.41, 5.74) is 3.51. The topological polar surface area (TPSA) is 71.3 Å². The molecule has 37 heavy (non-hydrogen) atoms. The largest absolute Gasteiger partial charge is 0.466 e. The Morgan fingerprint density at radius 2 is 0.595 bits per heavy atom. The van der Waals surface area contributed by atoms with Crippen molar-refractivity contribution in [1.82, 2.24) is 38.8 Å². The lowest BCUT2D eigenvalue weighted by Crippen LogP contribution is -2.65. The van der Waals surface area contributed by atoms with Crippen molar-refractivity contribution in [3.05, 3.63) is 71.8 Å². The monoisotopic (exact) mass is 503 g/mol. The predicted octanol–water partition coefficient (Wildman–Crippen LogP) is 5.59. The van der Waals surface area contributed by atoms with Gasteiger partial charge in [-0.1, -0.05) is 83.1 Å². The van der Waals surface area contributed by atoms with Gasteiger partial charge in [-0.3, -0.25) is 0 Å². The molecule has 4 aromatic rings. The van der Waals surface area contributed by atoms with Gasteiger partial charge < -0.3 is 18.4 Å². The highest BCUT2D eigenvalue weighted by Gasteiger charge is 2.42. The van der Waals surface area contributed by atoms with Crippen molar-refractivity contribution < 1.29 is 0 Å². The van der Waals surface area contributed by atoms with Crippen LogP contribution in [0.3, 0.4) is 0 Å². The third-order valence-electron chi connectivity index (χ3n) is 6.93. The average Bonchev–Trinajstić information content (AvgIpc) is 3.52. The smallest absolute Gasteiger partial charge is 0.379 e. The molecule has 0 unspecified atom stereocenters. The molecule has 0 saturated heterocycles. The lowest BCUT2D eigenvalue weighted by molar-refractivity contribution is 0.532. The zero-order valence-corrected chi connectivity index (χ0v) is 24.8. The third-order valence-corrected chi connectivity index (χ3v) is 6.93. The van der Waals surface area contributed by atoms with Crippen molar-refractivity contribution in [3.63, 3.8) is 0 Å². The number of nitrogens with zero attached hydrogens (tertiary/aromatic N) is 8. The molecule has 0 aromatic carbocycles. The fourth-order valence-corrected chi connectivity index (χ4v) is 4.45. The molecule has 0 amide bonds. The molecule has 0 spiro atoms. The van der Waals surface area contributed by atoms with Gasteiger partial charge in [0.25, 0.3) is 0 Å². The van der Waals surface area contributed by atoms with Crippen molar-refractivity contribution in [1.29, 1.82) is 0 Å². The van der Waals surface area contributed by atoms with Gasteiger partial charge in [0.15, 0.2) is 0 Å². The van der Waals surface area contributed by atoms with E-state index in [0.29, 0.717) is 0 Å². The summed E-state index contributed by atoms with van der Waals surface area (Å²) < 4.78 is 8.00. The summed E-state index contributed by atoms with van der Waals surface area (Å²) in [7, 11) is 0. The van der Waals surface area contributed by atoms with Gasteiger partial charge in [0, 0.05) is 21.7 Å². The molecule has 0 N–H and O–H groups in total. The average molecular weight is 504 g/mol. The van der Waals surface area contributed by atoms with Crippen LogP contribution in [0.1, 0.15) is 106 Å². The maximum atomic E-state index is 5.16. The molecule has 0 aliphatic rings. The zero-order chi connectivity index (χ0) is 27.6. The highest BCUT2D eigenvalue weighted by atomic mass is 15.6. The third kappa shape index (κ3) is 4.80. The zero-order valence-electron chi connectivity index (χ0n) is 24.8. The molecule has 0 fully saturated rings. The highest BCUT2D eigenvalue weighted by Crippen LogP contribution is 2.28. The number of hydrogen-bond acceptors (Lipinski definition) is 4. The van der Waals surface area contributed by atoms with Crippen molar-refractivity contribution >= 4 is 6.69 Å². The van der Waals surface area contributed by atoms with Gasteiger partial charge in [-0.15, -0.1) is 0 Å². The minimum atomic E-state index is -2.12. The lowest BCUT2D eigenvalue weighted by atomic mass is 9.75. The Balaban J connectivity index is 2.11. The fourth-order valence-electron chi connectivity index (χ4n) is 4.45. The van der Waals surface area contributed by atoms with Gasteiger partial charge in [0.1, 0.15) is 0 Å². The summed E-state index contributed by atoms with van der Waals surface area (Å²) in [6.45, 7) is 24.0. The van der Waals surface area contributed by atoms with Gasteiger partial charge in [0.2, 0.25) is 0 Å². The van der Waals surface area contributed by atoms with Crippen LogP contribution in [0, 0.1) is 0 Å². The summed E-state index contributed by atoms with van der Waals surface area (Å²) >= 11 is 0. The van der Waals surface area contributed by atoms with Crippen molar-refractivity contribution in [3.8, 4) is 0 Å². The second-order valence-corrected chi connectivity index (χ2v) is 14.4. The number of aromatic nitrogens is 8. The standard InChI is InChI=1S/C28H44BN8/c1-25(2,3)21-13-17-34(30-21)29(35-18-14-22(31-35)26(4,5)6,36-19-15-23(32-36)27(7,8)9)37-20-16-24(33-37)28(10,11)12/h13-20H,1-12H3/q-1. The Morgan fingerprint density at radius 3 is 0.730 bits per heavy atom. The molecule has 8 nitrogen and oxygen atoms in total. The molecule has 0 saturated carbocycles. The van der Waals surface area contributed by atoms with Crippen LogP contribution >= 0.6 is 0 Å². The number of rotatable bonds is 4. The minimum absolute atomic E-state index is 0.116. The Bertz CT molecular complexity index is 1160. The molecule has 0 radical (unpaired) electrons. The second kappa shape index (κ2) is 8.46. The Morgan fingerprint density at radius 1 is 0.405 bits per heavy atom. The van der Waals surface area contributed by atoms with Gasteiger partial charge >= 0.3 is 6.69 Å². The summed E-state index contributed by atoms with van der Waals surface area (Å²) in [4.78, 5) is 0. The van der Waals surface area contributed by atoms with E-state index >= 15 is 0 Å². The minimum Gasteiger partial charge on any atom is -0.379 e. The first-order valence-electron chi connectivity index (χ1n) is 13.2. The molecule has 4 rings (SSSR count). The predicted molar refractivity (Wildman–Crippen MR) is 151 cm³/mol. The lowest BCUT2D eigenvalue weighted by Gasteiger charge is -2.42. The van der Waals surface area contributed by atoms with E-state index in [4.69, 9.17) is 20.4 Å². The number of hydrogen-bond donors (Lipinski definition) is 0. The van der Waals surface area contributed by atoms with E-state index in [1.807, 2.05) is 43.2 Å². The van der Waals surface area contributed by atoms with E-state index in [0.717, 1.165) is 22.8 Å². The Labute approximate surface area is 222 Å². The van der Waals surface area contributed by atoms with Crippen LogP contribution in [0.4, 0.5) is 0 Å². The van der Waals surface area contributed by atoms with Gasteiger partial charge in [-0.2, -0.15) is 0 Å². The van der Waals surface area contributed by atoms with Gasteiger partial charge in [0.05, 0.1) is 22.8 Å². The van der Waals surface area contributed by atoms with Crippen LogP contribution in [0.25, 0.3) is 0 Å². The maximum absolute atomic E-state index is 5.16. The van der Waals surface area contributed by atoms with Crippen molar-refractivity contribution in [2.45, 2.75) is 105 Å². The van der Waals surface area contributed by atoms with Crippen LogP contribution < -0.4 is 0 Å². The van der Waals surface area contributed by atoms with E-state index in [9.17, 15) is 0 Å². The highest BCUT2D eigenvalue weighted by molar-refractivity contribution is 6.72. The van der Waals surface area contributed by atoms with E-state index in [-0.39, 0.29) is 21.7 Å². The molecule has 200 valence electrons. The van der Waals surface area contributed by atoms with Crippen LogP contribution in [-0.4, -0.2) is 45.5 Å². The molecule has 4 aromatic heterocycles. The molecule has 0 atom stereocenters. The molecule has 0 aliphatic carbocycles. The first-order chi connectivity index (χ1) is 16.8. The van der Waals surface area contributed by atoms with Crippen LogP contribution in [0.2, 0.25) is 0 Å². The molecule has 4 heterocycles. The van der Waals surface area contributed by atoms with E-state index in [2.05, 4.69) is 107 Å². The summed E-state index contributed by atoms with van der Waals surface area (Å²) in [6, 6.07) is 8.36. The van der Waals surface area contributed by atoms with Crippen LogP contribution in [-0.2, 0) is 21.7 Å². The van der Waals surface area contributed by atoms with E-state index in [1.54, 1.807) is 0 Å². The van der Waals surface area contributed by atoms with E-state index < -0.39 is 6.69 Å². The summed E-state index contributed by atoms with van der Waals surface area (Å²) in [5.74, 6) is 0. The second-order valence-electron chi connectivity index (χ2n) is 14.4. The van der Waals surface area contributed by atoms with Crippen LogP contribution in [0.15, 0.2) is 49.1 Å². The van der Waals surface area contributed by atoms with Crippen molar-refractivity contribution in [2.24, 2.45) is 0 Å². The van der Waals surface area contributed by atoms with E-state index in [1.165, 1.54) is 0 Å². The molecule has 9 heteroatoms. The quantitative estimate of drug-likeness (QED) is 0.341. The normalized spacial score (nSPS) is 13.9. The maximum Gasteiger partial charge on any atom is 0.466 e. The van der Waals surface area contributed by atoms with Crippen molar-refractivity contribution in [2.75, 3.05) is 0 Å². The SMILES string of the molecule is CC(C)(C)c1ccn([B-](n2ccc(C(C)(C)C)n2)(n2ccc(C(C)(C)C)n2)n2ccc(C(C)(C)C)n2)n1. The van der Waals surface area contributed by atoms with Gasteiger partial charge in [-0.25, -0.2) is 20.4 Å². The summed E-state index contributed by atoms with van der Waals surface area (Å²) in [5, 5.41) is 20.6. The first kappa shape index (κ1) is 27.0. The first-order valence-corrected chi connectivity index (χ1v) is 13.2. The molecular weight excluding hydrogens is 459 g/mol. The molecule has 0 bridgehead atoms. The summed E-state index contributed by atoms with van der Waals surface area (Å²) in [6.07, 6.45) is 8.15. The molecule has 0 aliphatic heterocycles.